The molecule has 0 saturated heterocycles. The van der Waals surface area contributed by atoms with Gasteiger partial charge in [0.15, 0.2) is 0 Å². The molecular weight excluding hydrogens is 692 g/mol. The van der Waals surface area contributed by atoms with Crippen LogP contribution in [0.2, 0.25) is 0 Å². The number of esters is 1. The van der Waals surface area contributed by atoms with Gasteiger partial charge in [0.05, 0.1) is 20.3 Å². The highest BCUT2D eigenvalue weighted by molar-refractivity contribution is 5.94. The van der Waals surface area contributed by atoms with Crippen LogP contribution in [0.1, 0.15) is 64.7 Å². The normalized spacial score (nSPS) is 13.4. The molecule has 0 aliphatic carbocycles. The van der Waals surface area contributed by atoms with Crippen LogP contribution in [0.3, 0.4) is 0 Å². The predicted molar refractivity (Wildman–Crippen MR) is 203 cm³/mol. The first-order chi connectivity index (χ1) is 25.6. The van der Waals surface area contributed by atoms with Gasteiger partial charge in [-0.05, 0) is 68.9 Å². The number of methoxy groups -OCH3 is 1. The van der Waals surface area contributed by atoms with E-state index in [2.05, 4.69) is 21.3 Å². The van der Waals surface area contributed by atoms with Gasteiger partial charge in [-0.3, -0.25) is 14.4 Å². The summed E-state index contributed by atoms with van der Waals surface area (Å²) in [6.07, 6.45) is -0.487. The molecule has 13 heteroatoms. The first kappa shape index (κ1) is 43.0. The van der Waals surface area contributed by atoms with Crippen molar-refractivity contribution in [3.8, 4) is 5.75 Å². The average Bonchev–Trinajstić information content (AvgIpc) is 3.13. The van der Waals surface area contributed by atoms with Gasteiger partial charge in [0.25, 0.3) is 0 Å². The average molecular weight is 747 g/mol. The fraction of sp³-hybridized carbons (Fsp3) is 0.439. The van der Waals surface area contributed by atoms with E-state index in [-0.39, 0.29) is 25.6 Å². The van der Waals surface area contributed by atoms with Crippen LogP contribution in [0.5, 0.6) is 5.75 Å². The number of hydrogen-bond acceptors (Lipinski definition) is 9. The maximum Gasteiger partial charge on any atom is 0.408 e. The molecule has 0 radical (unpaired) electrons. The maximum absolute atomic E-state index is 13.8. The largest absolute Gasteiger partial charge is 0.489 e. The number of rotatable bonds is 19. The SMILES string of the molecule is COC(=O)[C@H](CC(C)C)NC(=O)[C@@H](C)NC(=O)[C@@H](Cc1ccc(OCc2ccccc2)cc1)NC(=O)[C@@H](COCc1ccccc1)NC(=O)OC(C)(C)C. The molecule has 4 N–H and O–H groups in total. The molecule has 292 valence electrons. The number of alkyl carbamates (subject to hydrolysis) is 1. The molecule has 0 bridgehead atoms. The molecule has 13 nitrogen and oxygen atoms in total. The highest BCUT2D eigenvalue weighted by atomic mass is 16.6. The zero-order valence-electron chi connectivity index (χ0n) is 32.2. The molecule has 0 fully saturated rings. The van der Waals surface area contributed by atoms with Crippen molar-refractivity contribution in [1.29, 1.82) is 0 Å². The van der Waals surface area contributed by atoms with Crippen molar-refractivity contribution < 1.29 is 42.9 Å². The van der Waals surface area contributed by atoms with Crippen molar-refractivity contribution in [2.45, 2.75) is 97.4 Å². The third-order valence-corrected chi connectivity index (χ3v) is 7.91. The number of carbonyl (C=O) groups excluding carboxylic acids is 5. The van der Waals surface area contributed by atoms with Gasteiger partial charge in [0.1, 0.15) is 42.1 Å². The van der Waals surface area contributed by atoms with Gasteiger partial charge in [-0.2, -0.15) is 0 Å². The van der Waals surface area contributed by atoms with E-state index in [9.17, 15) is 24.0 Å². The van der Waals surface area contributed by atoms with Crippen LogP contribution in [0.4, 0.5) is 4.79 Å². The minimum atomic E-state index is -1.25. The van der Waals surface area contributed by atoms with E-state index < -0.39 is 59.6 Å². The molecule has 0 heterocycles. The summed E-state index contributed by atoms with van der Waals surface area (Å²) < 4.78 is 22.0. The highest BCUT2D eigenvalue weighted by Crippen LogP contribution is 2.16. The zero-order valence-corrected chi connectivity index (χ0v) is 32.2. The molecule has 4 amide bonds. The second-order valence-corrected chi connectivity index (χ2v) is 14.3. The van der Waals surface area contributed by atoms with Crippen molar-refractivity contribution in [3.05, 3.63) is 102 Å². The van der Waals surface area contributed by atoms with Crippen molar-refractivity contribution >= 4 is 29.8 Å². The van der Waals surface area contributed by atoms with Gasteiger partial charge < -0.3 is 40.2 Å². The zero-order chi connectivity index (χ0) is 39.7. The summed E-state index contributed by atoms with van der Waals surface area (Å²) in [7, 11) is 1.24. The van der Waals surface area contributed by atoms with Crippen LogP contribution >= 0.6 is 0 Å². The molecule has 0 saturated carbocycles. The Bertz CT molecular complexity index is 1640. The molecule has 4 atom stereocenters. The van der Waals surface area contributed by atoms with Gasteiger partial charge in [-0.15, -0.1) is 0 Å². The van der Waals surface area contributed by atoms with E-state index in [1.165, 1.54) is 14.0 Å². The minimum absolute atomic E-state index is 0.0209. The topological polar surface area (TPSA) is 170 Å². The predicted octanol–water partition coefficient (Wildman–Crippen LogP) is 4.61. The van der Waals surface area contributed by atoms with E-state index in [0.29, 0.717) is 24.3 Å². The summed E-state index contributed by atoms with van der Waals surface area (Å²) in [5, 5.41) is 10.6. The summed E-state index contributed by atoms with van der Waals surface area (Å²) in [6, 6.07) is 21.6. The third kappa shape index (κ3) is 15.7. The smallest absolute Gasteiger partial charge is 0.408 e. The van der Waals surface area contributed by atoms with Crippen LogP contribution in [0.15, 0.2) is 84.9 Å². The Labute approximate surface area is 317 Å². The minimum Gasteiger partial charge on any atom is -0.489 e. The standard InChI is InChI=1S/C41H54N4O9/c1-27(2)22-34(39(49)51-7)44-36(46)28(3)42-37(47)33(23-29-18-20-32(21-19-29)53-25-31-16-12-9-13-17-31)43-38(48)35(45-40(50)54-41(4,5)6)26-52-24-30-14-10-8-11-15-30/h8-21,27-28,33-35H,22-26H2,1-7H3,(H,42,47)(H,43,48)(H,44,46)(H,45,50)/t28-,33-,34+,35-/m1/s1. The van der Waals surface area contributed by atoms with Crippen LogP contribution in [-0.4, -0.2) is 73.3 Å². The highest BCUT2D eigenvalue weighted by Gasteiger charge is 2.31. The summed E-state index contributed by atoms with van der Waals surface area (Å²) in [5.74, 6) is -1.91. The van der Waals surface area contributed by atoms with Crippen molar-refractivity contribution in [2.75, 3.05) is 13.7 Å². The Kier molecular flexibility index (Phi) is 17.0. The van der Waals surface area contributed by atoms with Crippen LogP contribution in [0, 0.1) is 5.92 Å². The number of amides is 4. The Balaban J connectivity index is 1.81. The fourth-order valence-corrected chi connectivity index (χ4v) is 5.19. The van der Waals surface area contributed by atoms with Crippen LogP contribution < -0.4 is 26.0 Å². The lowest BCUT2D eigenvalue weighted by molar-refractivity contribution is -0.145. The monoisotopic (exact) mass is 746 g/mol. The Morgan fingerprint density at radius 1 is 0.630 bits per heavy atom. The van der Waals surface area contributed by atoms with E-state index in [1.54, 1.807) is 45.0 Å². The lowest BCUT2D eigenvalue weighted by Crippen LogP contribution is -2.58. The van der Waals surface area contributed by atoms with Gasteiger partial charge in [-0.1, -0.05) is 86.6 Å². The summed E-state index contributed by atoms with van der Waals surface area (Å²) in [5.41, 5.74) is 1.70. The van der Waals surface area contributed by atoms with Gasteiger partial charge in [-0.25, -0.2) is 9.59 Å². The van der Waals surface area contributed by atoms with E-state index in [4.69, 9.17) is 18.9 Å². The molecule has 0 aliphatic rings. The first-order valence-electron chi connectivity index (χ1n) is 18.0. The summed E-state index contributed by atoms with van der Waals surface area (Å²) in [4.78, 5) is 66.0. The summed E-state index contributed by atoms with van der Waals surface area (Å²) in [6.45, 7) is 10.7. The Hall–Kier alpha value is -5.43. The second kappa shape index (κ2) is 21.3. The van der Waals surface area contributed by atoms with Crippen LogP contribution in [0.25, 0.3) is 0 Å². The van der Waals surface area contributed by atoms with E-state index in [0.717, 1.165) is 11.1 Å². The maximum atomic E-state index is 13.8. The molecular formula is C41H54N4O9. The van der Waals surface area contributed by atoms with Gasteiger partial charge >= 0.3 is 12.1 Å². The fourth-order valence-electron chi connectivity index (χ4n) is 5.19. The van der Waals surface area contributed by atoms with E-state index >= 15 is 0 Å². The summed E-state index contributed by atoms with van der Waals surface area (Å²) >= 11 is 0. The third-order valence-electron chi connectivity index (χ3n) is 7.91. The van der Waals surface area contributed by atoms with Crippen molar-refractivity contribution in [3.63, 3.8) is 0 Å². The van der Waals surface area contributed by atoms with E-state index in [1.807, 2.05) is 74.5 Å². The number of ether oxygens (including phenoxy) is 4. The first-order valence-corrected chi connectivity index (χ1v) is 18.0. The van der Waals surface area contributed by atoms with Crippen molar-refractivity contribution in [2.24, 2.45) is 5.92 Å². The molecule has 54 heavy (non-hydrogen) atoms. The molecule has 3 aromatic carbocycles. The number of nitrogens with one attached hydrogen (secondary N) is 4. The molecule has 0 spiro atoms. The quantitative estimate of drug-likeness (QED) is 0.128. The molecule has 0 aliphatic heterocycles. The van der Waals surface area contributed by atoms with Gasteiger partial charge in [0.2, 0.25) is 17.7 Å². The lowest BCUT2D eigenvalue weighted by Gasteiger charge is -2.26. The molecule has 0 aromatic heterocycles. The van der Waals surface area contributed by atoms with Crippen LogP contribution in [-0.2, 0) is 53.0 Å². The molecule has 3 rings (SSSR count). The number of carbonyl (C=O) groups is 5. The Morgan fingerprint density at radius 2 is 1.19 bits per heavy atom. The molecule has 0 unspecified atom stereocenters. The van der Waals surface area contributed by atoms with Gasteiger partial charge in [0, 0.05) is 6.42 Å². The Morgan fingerprint density at radius 3 is 1.74 bits per heavy atom. The van der Waals surface area contributed by atoms with Crippen molar-refractivity contribution in [1.82, 2.24) is 21.3 Å². The molecule has 3 aromatic rings. The number of benzene rings is 3. The number of hydrogen-bond donors (Lipinski definition) is 4. The lowest BCUT2D eigenvalue weighted by atomic mass is 10.0. The second-order valence-electron chi connectivity index (χ2n) is 14.3.